The molecule has 0 aliphatic carbocycles. The monoisotopic (exact) mass is 417 g/mol. The first-order chi connectivity index (χ1) is 14.6. The van der Waals surface area contributed by atoms with E-state index in [-0.39, 0.29) is 5.91 Å². The van der Waals surface area contributed by atoms with E-state index in [1.54, 1.807) is 13.3 Å². The Hall–Kier alpha value is -3.18. The maximum atomic E-state index is 12.7. The quantitative estimate of drug-likeness (QED) is 0.640. The van der Waals surface area contributed by atoms with Crippen molar-refractivity contribution in [2.24, 2.45) is 4.99 Å². The first-order valence-electron chi connectivity index (χ1n) is 9.83. The second-order valence-electron chi connectivity index (χ2n) is 7.59. The minimum absolute atomic E-state index is 0.140. The third-order valence-electron chi connectivity index (χ3n) is 5.63. The third kappa shape index (κ3) is 3.46. The van der Waals surface area contributed by atoms with Gasteiger partial charge in [-0.1, -0.05) is 29.8 Å². The SMILES string of the molecule is COc1ccc(C2=NCc3cc4c(cc32)CN(Cc2cccc(Cl)c2)C(=O)C4)cn1. The molecule has 2 aliphatic heterocycles. The molecular formula is C24H20ClN3O2. The van der Waals surface area contributed by atoms with Crippen LogP contribution in [0.15, 0.2) is 59.7 Å². The zero-order chi connectivity index (χ0) is 20.7. The standard InChI is InChI=1S/C24H20ClN3O2/c1-30-22-6-5-16(11-26-22)24-21-9-19-14-28(13-15-3-2-4-20(25)7-15)23(29)10-17(19)8-18(21)12-27-24/h2-9,11H,10,12-14H2,1H3. The topological polar surface area (TPSA) is 54.8 Å². The van der Waals surface area contributed by atoms with Gasteiger partial charge in [-0.05, 0) is 46.5 Å². The predicted octanol–water partition coefficient (Wildman–Crippen LogP) is 4.18. The van der Waals surface area contributed by atoms with E-state index in [0.717, 1.165) is 33.5 Å². The van der Waals surface area contributed by atoms with Crippen LogP contribution in [0.4, 0.5) is 0 Å². The number of hydrogen-bond donors (Lipinski definition) is 0. The summed E-state index contributed by atoms with van der Waals surface area (Å²) >= 11 is 6.11. The predicted molar refractivity (Wildman–Crippen MR) is 116 cm³/mol. The molecule has 0 spiro atoms. The highest BCUT2D eigenvalue weighted by molar-refractivity contribution is 6.30. The van der Waals surface area contributed by atoms with Gasteiger partial charge in [0.1, 0.15) is 0 Å². The number of ether oxygens (including phenoxy) is 1. The van der Waals surface area contributed by atoms with Crippen LogP contribution in [0.25, 0.3) is 0 Å². The molecule has 0 saturated heterocycles. The molecule has 6 heteroatoms. The molecule has 2 aliphatic rings. The fourth-order valence-electron chi connectivity index (χ4n) is 4.11. The number of carbonyl (C=O) groups is 1. The molecule has 2 aromatic carbocycles. The van der Waals surface area contributed by atoms with Crippen molar-refractivity contribution >= 4 is 23.2 Å². The van der Waals surface area contributed by atoms with Crippen LogP contribution in [0.3, 0.4) is 0 Å². The summed E-state index contributed by atoms with van der Waals surface area (Å²) in [7, 11) is 1.60. The molecule has 0 N–H and O–H groups in total. The van der Waals surface area contributed by atoms with Crippen LogP contribution in [0.5, 0.6) is 5.88 Å². The molecule has 1 amide bonds. The molecule has 3 aromatic rings. The molecule has 0 atom stereocenters. The van der Waals surface area contributed by atoms with E-state index >= 15 is 0 Å². The average Bonchev–Trinajstić information content (AvgIpc) is 3.15. The largest absolute Gasteiger partial charge is 0.481 e. The van der Waals surface area contributed by atoms with Gasteiger partial charge >= 0.3 is 0 Å². The van der Waals surface area contributed by atoms with Crippen molar-refractivity contribution in [2.45, 2.75) is 26.1 Å². The molecule has 0 fully saturated rings. The number of hydrogen-bond acceptors (Lipinski definition) is 4. The number of halogens is 1. The Labute approximate surface area is 180 Å². The summed E-state index contributed by atoms with van der Waals surface area (Å²) < 4.78 is 5.16. The molecule has 0 unspecified atom stereocenters. The second kappa shape index (κ2) is 7.58. The number of methoxy groups -OCH3 is 1. The Bertz CT molecular complexity index is 1170. The number of aromatic nitrogens is 1. The summed E-state index contributed by atoms with van der Waals surface area (Å²) in [6, 6.07) is 15.8. The summed E-state index contributed by atoms with van der Waals surface area (Å²) in [5.74, 6) is 0.721. The number of nitrogens with zero attached hydrogens (tertiary/aromatic N) is 3. The smallest absolute Gasteiger partial charge is 0.227 e. The van der Waals surface area contributed by atoms with Gasteiger partial charge in [0.25, 0.3) is 0 Å². The van der Waals surface area contributed by atoms with Gasteiger partial charge in [0.15, 0.2) is 0 Å². The van der Waals surface area contributed by atoms with Crippen LogP contribution in [0, 0.1) is 0 Å². The molecular weight excluding hydrogens is 398 g/mol. The Morgan fingerprint density at radius 1 is 1.10 bits per heavy atom. The second-order valence-corrected chi connectivity index (χ2v) is 8.03. The lowest BCUT2D eigenvalue weighted by Gasteiger charge is -2.29. The van der Waals surface area contributed by atoms with E-state index in [9.17, 15) is 4.79 Å². The molecule has 5 nitrogen and oxygen atoms in total. The van der Waals surface area contributed by atoms with E-state index in [0.29, 0.717) is 37.0 Å². The number of carbonyl (C=O) groups excluding carboxylic acids is 1. The lowest BCUT2D eigenvalue weighted by molar-refractivity contribution is -0.132. The summed E-state index contributed by atoms with van der Waals surface area (Å²) in [4.78, 5) is 23.7. The molecule has 0 bridgehead atoms. The van der Waals surface area contributed by atoms with Gasteiger partial charge < -0.3 is 9.64 Å². The maximum Gasteiger partial charge on any atom is 0.227 e. The lowest BCUT2D eigenvalue weighted by Crippen LogP contribution is -2.35. The van der Waals surface area contributed by atoms with Gasteiger partial charge in [-0.15, -0.1) is 0 Å². The average molecular weight is 418 g/mol. The molecule has 3 heterocycles. The van der Waals surface area contributed by atoms with Crippen molar-refractivity contribution < 1.29 is 9.53 Å². The van der Waals surface area contributed by atoms with Crippen LogP contribution < -0.4 is 4.74 Å². The Balaban J connectivity index is 1.43. The minimum atomic E-state index is 0.140. The highest BCUT2D eigenvalue weighted by atomic mass is 35.5. The molecule has 0 radical (unpaired) electrons. The van der Waals surface area contributed by atoms with Gasteiger partial charge in [0.05, 0.1) is 25.8 Å². The Kier molecular flexibility index (Phi) is 4.75. The number of amides is 1. The van der Waals surface area contributed by atoms with E-state index in [2.05, 4.69) is 17.1 Å². The van der Waals surface area contributed by atoms with Crippen LogP contribution in [0.2, 0.25) is 5.02 Å². The van der Waals surface area contributed by atoms with E-state index in [1.807, 2.05) is 41.3 Å². The summed E-state index contributed by atoms with van der Waals surface area (Å²) in [6.45, 7) is 1.77. The minimum Gasteiger partial charge on any atom is -0.481 e. The molecule has 5 rings (SSSR count). The van der Waals surface area contributed by atoms with Crippen molar-refractivity contribution in [1.82, 2.24) is 9.88 Å². The number of aliphatic imine (C=N–C) groups is 1. The van der Waals surface area contributed by atoms with Gasteiger partial charge in [-0.25, -0.2) is 4.98 Å². The van der Waals surface area contributed by atoms with Gasteiger partial charge in [-0.3, -0.25) is 9.79 Å². The zero-order valence-electron chi connectivity index (χ0n) is 16.6. The van der Waals surface area contributed by atoms with Gasteiger partial charge in [0, 0.05) is 41.5 Å². The van der Waals surface area contributed by atoms with Crippen molar-refractivity contribution in [3.05, 3.63) is 93.1 Å². The normalized spacial score (nSPS) is 14.9. The fourth-order valence-corrected chi connectivity index (χ4v) is 4.32. The number of fused-ring (bicyclic) bond motifs is 2. The van der Waals surface area contributed by atoms with Crippen molar-refractivity contribution in [3.63, 3.8) is 0 Å². The number of rotatable bonds is 4. The third-order valence-corrected chi connectivity index (χ3v) is 5.86. The van der Waals surface area contributed by atoms with Crippen LogP contribution in [0.1, 0.15) is 33.4 Å². The Morgan fingerprint density at radius 3 is 2.77 bits per heavy atom. The van der Waals surface area contributed by atoms with Gasteiger partial charge in [-0.2, -0.15) is 0 Å². The van der Waals surface area contributed by atoms with E-state index in [1.165, 1.54) is 5.56 Å². The zero-order valence-corrected chi connectivity index (χ0v) is 17.3. The fraction of sp³-hybridized carbons (Fsp3) is 0.208. The number of pyridine rings is 1. The maximum absolute atomic E-state index is 12.7. The molecule has 150 valence electrons. The highest BCUT2D eigenvalue weighted by Crippen LogP contribution is 2.30. The first kappa shape index (κ1) is 18.8. The lowest BCUT2D eigenvalue weighted by atomic mass is 9.91. The van der Waals surface area contributed by atoms with Crippen molar-refractivity contribution in [2.75, 3.05) is 7.11 Å². The first-order valence-corrected chi connectivity index (χ1v) is 10.2. The molecule has 1 aromatic heterocycles. The molecule has 0 saturated carbocycles. The highest BCUT2D eigenvalue weighted by Gasteiger charge is 2.27. The summed E-state index contributed by atoms with van der Waals surface area (Å²) in [5.41, 5.74) is 7.51. The number of benzene rings is 2. The summed E-state index contributed by atoms with van der Waals surface area (Å²) in [6.07, 6.45) is 2.21. The van der Waals surface area contributed by atoms with E-state index in [4.69, 9.17) is 21.3 Å². The van der Waals surface area contributed by atoms with Crippen molar-refractivity contribution in [3.8, 4) is 5.88 Å². The van der Waals surface area contributed by atoms with Crippen molar-refractivity contribution in [1.29, 1.82) is 0 Å². The van der Waals surface area contributed by atoms with Crippen LogP contribution >= 0.6 is 11.6 Å². The summed E-state index contributed by atoms with van der Waals surface area (Å²) in [5, 5.41) is 0.684. The van der Waals surface area contributed by atoms with Gasteiger partial charge in [0.2, 0.25) is 11.8 Å². The molecule has 30 heavy (non-hydrogen) atoms. The van der Waals surface area contributed by atoms with Crippen LogP contribution in [-0.2, 0) is 30.8 Å². The van der Waals surface area contributed by atoms with E-state index < -0.39 is 0 Å². The van der Waals surface area contributed by atoms with Crippen LogP contribution in [-0.4, -0.2) is 28.6 Å². The Morgan fingerprint density at radius 2 is 2.00 bits per heavy atom.